The van der Waals surface area contributed by atoms with Gasteiger partial charge in [-0.2, -0.15) is 11.3 Å². The second kappa shape index (κ2) is 6.61. The van der Waals surface area contributed by atoms with Gasteiger partial charge in [0.25, 0.3) is 0 Å². The van der Waals surface area contributed by atoms with E-state index in [-0.39, 0.29) is 23.8 Å². The maximum Gasteiger partial charge on any atom is 0.223 e. The predicted molar refractivity (Wildman–Crippen MR) is 87.3 cm³/mol. The molecule has 1 unspecified atom stereocenters. The lowest BCUT2D eigenvalue weighted by Crippen LogP contribution is -2.36. The van der Waals surface area contributed by atoms with Gasteiger partial charge in [0.1, 0.15) is 5.82 Å². The highest BCUT2D eigenvalue weighted by Crippen LogP contribution is 2.35. The summed E-state index contributed by atoms with van der Waals surface area (Å²) in [4.78, 5) is 14.5. The van der Waals surface area contributed by atoms with Crippen molar-refractivity contribution in [2.75, 3.05) is 0 Å². The third-order valence-corrected chi connectivity index (χ3v) is 4.94. The van der Waals surface area contributed by atoms with Gasteiger partial charge in [-0.3, -0.25) is 4.79 Å². The standard InChI is InChI=1S/C18H20FNOS/c1-13(16-4-2-3-5-17(16)19)20(15-7-8-15)18(21)9-6-14-10-11-22-12-14/h2-5,10-13,15H,6-9H2,1H3. The number of hydrogen-bond acceptors (Lipinski definition) is 2. The minimum Gasteiger partial charge on any atom is -0.333 e. The van der Waals surface area contributed by atoms with E-state index in [0.717, 1.165) is 19.3 Å². The Morgan fingerprint density at radius 2 is 2.14 bits per heavy atom. The molecule has 0 spiro atoms. The van der Waals surface area contributed by atoms with Crippen molar-refractivity contribution in [2.45, 2.75) is 44.7 Å². The molecule has 0 N–H and O–H groups in total. The van der Waals surface area contributed by atoms with Crippen LogP contribution in [0.1, 0.15) is 43.4 Å². The van der Waals surface area contributed by atoms with E-state index < -0.39 is 0 Å². The maximum atomic E-state index is 14.0. The number of hydrogen-bond donors (Lipinski definition) is 0. The first-order valence-corrected chi connectivity index (χ1v) is 8.67. The predicted octanol–water partition coefficient (Wildman–Crippen LogP) is 4.57. The van der Waals surface area contributed by atoms with E-state index in [1.807, 2.05) is 23.3 Å². The van der Waals surface area contributed by atoms with E-state index in [1.165, 1.54) is 11.6 Å². The van der Waals surface area contributed by atoms with Crippen molar-refractivity contribution in [3.63, 3.8) is 0 Å². The first-order valence-electron chi connectivity index (χ1n) is 7.73. The Bertz CT molecular complexity index is 636. The van der Waals surface area contributed by atoms with Gasteiger partial charge in [-0.1, -0.05) is 18.2 Å². The van der Waals surface area contributed by atoms with Crippen LogP contribution in [0.3, 0.4) is 0 Å². The summed E-state index contributed by atoms with van der Waals surface area (Å²) in [6.07, 6.45) is 3.31. The van der Waals surface area contributed by atoms with Crippen LogP contribution in [0.2, 0.25) is 0 Å². The largest absolute Gasteiger partial charge is 0.333 e. The first kappa shape index (κ1) is 15.2. The van der Waals surface area contributed by atoms with Crippen LogP contribution in [0.15, 0.2) is 41.1 Å². The van der Waals surface area contributed by atoms with E-state index >= 15 is 0 Å². The molecule has 116 valence electrons. The monoisotopic (exact) mass is 317 g/mol. The van der Waals surface area contributed by atoms with Crippen LogP contribution in [0, 0.1) is 5.82 Å². The van der Waals surface area contributed by atoms with Crippen molar-refractivity contribution in [3.05, 3.63) is 58.0 Å². The lowest BCUT2D eigenvalue weighted by molar-refractivity contribution is -0.134. The van der Waals surface area contributed by atoms with Crippen LogP contribution in [0.5, 0.6) is 0 Å². The highest BCUT2D eigenvalue weighted by Gasteiger charge is 2.36. The third kappa shape index (κ3) is 3.38. The minimum atomic E-state index is -0.230. The summed E-state index contributed by atoms with van der Waals surface area (Å²) in [6.45, 7) is 1.93. The number of thiophene rings is 1. The number of carbonyl (C=O) groups is 1. The fraction of sp³-hybridized carbons (Fsp3) is 0.389. The zero-order chi connectivity index (χ0) is 15.5. The zero-order valence-electron chi connectivity index (χ0n) is 12.7. The molecule has 22 heavy (non-hydrogen) atoms. The van der Waals surface area contributed by atoms with Crippen LogP contribution in [-0.2, 0) is 11.2 Å². The second-order valence-electron chi connectivity index (χ2n) is 5.86. The van der Waals surface area contributed by atoms with Gasteiger partial charge in [-0.25, -0.2) is 4.39 Å². The van der Waals surface area contributed by atoms with E-state index in [9.17, 15) is 9.18 Å². The molecule has 1 amide bonds. The van der Waals surface area contributed by atoms with Crippen LogP contribution in [-0.4, -0.2) is 16.8 Å². The van der Waals surface area contributed by atoms with Gasteiger partial charge in [0.15, 0.2) is 0 Å². The summed E-state index contributed by atoms with van der Waals surface area (Å²) in [7, 11) is 0. The Morgan fingerprint density at radius 1 is 1.36 bits per heavy atom. The Labute approximate surface area is 134 Å². The molecule has 1 aliphatic rings. The van der Waals surface area contributed by atoms with Gasteiger partial charge in [0, 0.05) is 18.0 Å². The second-order valence-corrected chi connectivity index (χ2v) is 6.64. The Hall–Kier alpha value is -1.68. The quantitative estimate of drug-likeness (QED) is 0.764. The van der Waals surface area contributed by atoms with Gasteiger partial charge in [0.2, 0.25) is 5.91 Å². The average molecular weight is 317 g/mol. The fourth-order valence-corrected chi connectivity index (χ4v) is 3.57. The number of halogens is 1. The van der Waals surface area contributed by atoms with Crippen molar-refractivity contribution < 1.29 is 9.18 Å². The summed E-state index contributed by atoms with van der Waals surface area (Å²) in [5, 5.41) is 4.11. The fourth-order valence-electron chi connectivity index (χ4n) is 2.87. The Morgan fingerprint density at radius 3 is 2.77 bits per heavy atom. The van der Waals surface area contributed by atoms with E-state index in [4.69, 9.17) is 0 Å². The molecule has 3 rings (SSSR count). The SMILES string of the molecule is CC(c1ccccc1F)N(C(=O)CCc1ccsc1)C1CC1. The molecule has 1 aromatic heterocycles. The van der Waals surface area contributed by atoms with Crippen molar-refractivity contribution in [1.82, 2.24) is 4.90 Å². The van der Waals surface area contributed by atoms with Gasteiger partial charge in [0.05, 0.1) is 6.04 Å². The number of nitrogens with zero attached hydrogens (tertiary/aromatic N) is 1. The molecule has 0 aliphatic heterocycles. The summed E-state index contributed by atoms with van der Waals surface area (Å²) < 4.78 is 14.0. The summed E-state index contributed by atoms with van der Waals surface area (Å²) in [5.74, 6) is -0.101. The van der Waals surface area contributed by atoms with Crippen molar-refractivity contribution in [2.24, 2.45) is 0 Å². The molecular weight excluding hydrogens is 297 g/mol. The Balaban J connectivity index is 1.72. The molecule has 1 saturated carbocycles. The molecule has 0 bridgehead atoms. The summed E-state index contributed by atoms with van der Waals surface area (Å²) in [5.41, 5.74) is 1.81. The van der Waals surface area contributed by atoms with Crippen molar-refractivity contribution >= 4 is 17.2 Å². The molecule has 4 heteroatoms. The van der Waals surface area contributed by atoms with Gasteiger partial charge in [-0.05, 0) is 54.6 Å². The summed E-state index contributed by atoms with van der Waals surface area (Å²) in [6, 6.07) is 8.89. The first-order chi connectivity index (χ1) is 10.7. The molecule has 1 heterocycles. The zero-order valence-corrected chi connectivity index (χ0v) is 13.5. The molecule has 1 aliphatic carbocycles. The van der Waals surface area contributed by atoms with E-state index in [1.54, 1.807) is 23.5 Å². The average Bonchev–Trinajstić information content (AvgIpc) is 3.20. The number of rotatable bonds is 6. The van der Waals surface area contributed by atoms with Crippen molar-refractivity contribution in [1.29, 1.82) is 0 Å². The number of benzene rings is 1. The third-order valence-electron chi connectivity index (χ3n) is 4.21. The molecule has 1 fully saturated rings. The molecule has 2 aromatic rings. The number of amides is 1. The highest BCUT2D eigenvalue weighted by atomic mass is 32.1. The van der Waals surface area contributed by atoms with E-state index in [2.05, 4.69) is 11.4 Å². The van der Waals surface area contributed by atoms with Gasteiger partial charge >= 0.3 is 0 Å². The summed E-state index contributed by atoms with van der Waals surface area (Å²) >= 11 is 1.65. The van der Waals surface area contributed by atoms with Crippen LogP contribution < -0.4 is 0 Å². The van der Waals surface area contributed by atoms with Gasteiger partial charge < -0.3 is 4.90 Å². The maximum absolute atomic E-state index is 14.0. The van der Waals surface area contributed by atoms with Crippen LogP contribution in [0.4, 0.5) is 4.39 Å². The highest BCUT2D eigenvalue weighted by molar-refractivity contribution is 7.07. The lowest BCUT2D eigenvalue weighted by Gasteiger charge is -2.30. The van der Waals surface area contributed by atoms with Gasteiger partial charge in [-0.15, -0.1) is 0 Å². The topological polar surface area (TPSA) is 20.3 Å². The molecule has 0 radical (unpaired) electrons. The lowest BCUT2D eigenvalue weighted by atomic mass is 10.0. The minimum absolute atomic E-state index is 0.129. The normalized spacial score (nSPS) is 15.5. The van der Waals surface area contributed by atoms with Crippen LogP contribution in [0.25, 0.3) is 0 Å². The van der Waals surface area contributed by atoms with Crippen molar-refractivity contribution in [3.8, 4) is 0 Å². The Kier molecular flexibility index (Phi) is 4.57. The number of aryl methyl sites for hydroxylation is 1. The number of carbonyl (C=O) groups excluding carboxylic acids is 1. The van der Waals surface area contributed by atoms with Crippen LogP contribution >= 0.6 is 11.3 Å². The smallest absolute Gasteiger partial charge is 0.223 e. The molecule has 1 atom stereocenters. The molecule has 2 nitrogen and oxygen atoms in total. The molecule has 0 saturated heterocycles. The van der Waals surface area contributed by atoms with E-state index in [0.29, 0.717) is 12.0 Å². The molecule has 1 aromatic carbocycles. The molecular formula is C18H20FNOS.